The van der Waals surface area contributed by atoms with Crippen LogP contribution in [0.25, 0.3) is 11.0 Å². The molecule has 0 amide bonds. The summed E-state index contributed by atoms with van der Waals surface area (Å²) in [5, 5.41) is 0. The molecule has 1 aromatic carbocycles. The Morgan fingerprint density at radius 3 is 2.86 bits per heavy atom. The van der Waals surface area contributed by atoms with Crippen molar-refractivity contribution in [1.29, 1.82) is 0 Å². The predicted octanol–water partition coefficient (Wildman–Crippen LogP) is 3.98. The summed E-state index contributed by atoms with van der Waals surface area (Å²) in [4.78, 5) is 4.57. The maximum Gasteiger partial charge on any atom is 0.124 e. The maximum absolute atomic E-state index is 6.01. The summed E-state index contributed by atoms with van der Waals surface area (Å²) in [5.41, 5.74) is 2.12. The van der Waals surface area contributed by atoms with Crippen molar-refractivity contribution < 1.29 is 9.47 Å². The summed E-state index contributed by atoms with van der Waals surface area (Å²) in [6.07, 6.45) is 2.05. The molecule has 0 fully saturated rings. The molecule has 0 aliphatic carbocycles. The van der Waals surface area contributed by atoms with E-state index in [1.54, 1.807) is 7.11 Å². The molecule has 0 atom stereocenters. The number of rotatable bonds is 9. The molecule has 6 heteroatoms. The number of methoxy groups -OCH3 is 1. The molecule has 0 unspecified atom stereocenters. The van der Waals surface area contributed by atoms with Gasteiger partial charge < -0.3 is 14.0 Å². The quantitative estimate of drug-likeness (QED) is 0.491. The van der Waals surface area contributed by atoms with Crippen LogP contribution in [0.2, 0.25) is 0 Å². The van der Waals surface area contributed by atoms with Crippen LogP contribution in [0.1, 0.15) is 18.7 Å². The predicted molar refractivity (Wildman–Crippen MR) is 88.9 cm³/mol. The van der Waals surface area contributed by atoms with E-state index in [2.05, 4.69) is 31.5 Å². The van der Waals surface area contributed by atoms with Crippen molar-refractivity contribution in [2.24, 2.45) is 0 Å². The molecule has 0 saturated carbocycles. The molecule has 0 saturated heterocycles. The normalized spacial score (nSPS) is 11.4. The summed E-state index contributed by atoms with van der Waals surface area (Å²) in [6, 6.07) is 6.11. The van der Waals surface area contributed by atoms with Gasteiger partial charge in [0.05, 0.1) is 30.1 Å². The van der Waals surface area contributed by atoms with E-state index in [1.807, 2.05) is 12.1 Å². The minimum absolute atomic E-state index is 0.427. The summed E-state index contributed by atoms with van der Waals surface area (Å²) < 4.78 is 13.7. The molecule has 0 aliphatic rings. The van der Waals surface area contributed by atoms with Crippen LogP contribution in [0.4, 0.5) is 0 Å². The fraction of sp³-hybridized carbons (Fsp3) is 0.533. The number of halogens is 2. The average Bonchev–Trinajstić information content (AvgIpc) is 2.83. The molecule has 0 N–H and O–H groups in total. The standard InChI is InChI=1S/C15H20BrClN2O2/c1-20-8-9-21-7-3-2-6-19-14-10-12(16)4-5-13(14)18-15(19)11-17/h4-5,10H,2-3,6-9,11H2,1H3. The third kappa shape index (κ3) is 4.68. The Morgan fingerprint density at radius 2 is 2.10 bits per heavy atom. The van der Waals surface area contributed by atoms with Gasteiger partial charge in [-0.3, -0.25) is 0 Å². The van der Waals surface area contributed by atoms with Gasteiger partial charge in [-0.05, 0) is 31.0 Å². The Hall–Kier alpha value is -0.620. The van der Waals surface area contributed by atoms with E-state index in [0.717, 1.165) is 47.3 Å². The first-order chi connectivity index (χ1) is 10.3. The topological polar surface area (TPSA) is 36.3 Å². The Kier molecular flexibility index (Phi) is 6.96. The summed E-state index contributed by atoms with van der Waals surface area (Å²) in [5.74, 6) is 1.35. The lowest BCUT2D eigenvalue weighted by Gasteiger charge is -2.08. The van der Waals surface area contributed by atoms with Crippen LogP contribution >= 0.6 is 27.5 Å². The summed E-state index contributed by atoms with van der Waals surface area (Å²) >= 11 is 9.52. The molecular formula is C15H20BrClN2O2. The lowest BCUT2D eigenvalue weighted by atomic mass is 10.3. The van der Waals surface area contributed by atoms with E-state index in [9.17, 15) is 0 Å². The molecule has 0 radical (unpaired) electrons. The van der Waals surface area contributed by atoms with Gasteiger partial charge in [0.2, 0.25) is 0 Å². The first-order valence-corrected chi connectivity index (χ1v) is 8.36. The van der Waals surface area contributed by atoms with Crippen LogP contribution in [0.15, 0.2) is 22.7 Å². The minimum Gasteiger partial charge on any atom is -0.382 e. The van der Waals surface area contributed by atoms with Crippen LogP contribution < -0.4 is 0 Å². The van der Waals surface area contributed by atoms with Gasteiger partial charge in [-0.15, -0.1) is 11.6 Å². The molecular weight excluding hydrogens is 356 g/mol. The van der Waals surface area contributed by atoms with Crippen LogP contribution in [-0.2, 0) is 21.9 Å². The van der Waals surface area contributed by atoms with Crippen molar-refractivity contribution in [1.82, 2.24) is 9.55 Å². The van der Waals surface area contributed by atoms with Gasteiger partial charge in [0.25, 0.3) is 0 Å². The number of aromatic nitrogens is 2. The first-order valence-electron chi connectivity index (χ1n) is 7.03. The lowest BCUT2D eigenvalue weighted by molar-refractivity contribution is 0.0684. The summed E-state index contributed by atoms with van der Waals surface area (Å²) in [7, 11) is 1.68. The van der Waals surface area contributed by atoms with Crippen molar-refractivity contribution in [3.63, 3.8) is 0 Å². The zero-order valence-electron chi connectivity index (χ0n) is 12.1. The third-order valence-corrected chi connectivity index (χ3v) is 3.99. The number of alkyl halides is 1. The van der Waals surface area contributed by atoms with Gasteiger partial charge in [-0.1, -0.05) is 15.9 Å². The number of imidazole rings is 1. The van der Waals surface area contributed by atoms with Crippen LogP contribution in [0.3, 0.4) is 0 Å². The molecule has 1 heterocycles. The molecule has 116 valence electrons. The fourth-order valence-corrected chi connectivity index (χ4v) is 2.77. The van der Waals surface area contributed by atoms with Crippen LogP contribution in [-0.4, -0.2) is 36.5 Å². The highest BCUT2D eigenvalue weighted by Crippen LogP contribution is 2.22. The number of unbranched alkanes of at least 4 members (excludes halogenated alkanes) is 1. The molecule has 2 rings (SSSR count). The van der Waals surface area contributed by atoms with Gasteiger partial charge in [0.1, 0.15) is 5.82 Å². The van der Waals surface area contributed by atoms with Crippen molar-refractivity contribution in [3.05, 3.63) is 28.5 Å². The van der Waals surface area contributed by atoms with E-state index in [1.165, 1.54) is 0 Å². The molecule has 4 nitrogen and oxygen atoms in total. The number of fused-ring (bicyclic) bond motifs is 1. The lowest BCUT2D eigenvalue weighted by Crippen LogP contribution is -2.06. The van der Waals surface area contributed by atoms with Crippen LogP contribution in [0.5, 0.6) is 0 Å². The largest absolute Gasteiger partial charge is 0.382 e. The molecule has 1 aromatic heterocycles. The van der Waals surface area contributed by atoms with Gasteiger partial charge in [0, 0.05) is 24.7 Å². The Bertz CT molecular complexity index is 574. The van der Waals surface area contributed by atoms with Crippen LogP contribution in [0, 0.1) is 0 Å². The van der Waals surface area contributed by atoms with Crippen molar-refractivity contribution in [2.75, 3.05) is 26.9 Å². The molecule has 2 aromatic rings. The Balaban J connectivity index is 1.92. The summed E-state index contributed by atoms with van der Waals surface area (Å²) in [6.45, 7) is 2.97. The third-order valence-electron chi connectivity index (χ3n) is 3.26. The average molecular weight is 376 g/mol. The Morgan fingerprint density at radius 1 is 1.24 bits per heavy atom. The second-order valence-electron chi connectivity index (χ2n) is 4.76. The van der Waals surface area contributed by atoms with Gasteiger partial charge in [-0.25, -0.2) is 4.98 Å². The molecule has 0 spiro atoms. The van der Waals surface area contributed by atoms with E-state index in [-0.39, 0.29) is 0 Å². The second kappa shape index (κ2) is 8.73. The second-order valence-corrected chi connectivity index (χ2v) is 5.94. The monoisotopic (exact) mass is 374 g/mol. The van der Waals surface area contributed by atoms with Gasteiger partial charge >= 0.3 is 0 Å². The minimum atomic E-state index is 0.427. The van der Waals surface area contributed by atoms with E-state index in [4.69, 9.17) is 21.1 Å². The highest BCUT2D eigenvalue weighted by atomic mass is 79.9. The highest BCUT2D eigenvalue weighted by Gasteiger charge is 2.09. The fourth-order valence-electron chi connectivity index (χ4n) is 2.22. The van der Waals surface area contributed by atoms with E-state index < -0.39 is 0 Å². The molecule has 0 aliphatic heterocycles. The number of nitrogens with zero attached hydrogens (tertiary/aromatic N) is 2. The highest BCUT2D eigenvalue weighted by molar-refractivity contribution is 9.10. The number of hydrogen-bond acceptors (Lipinski definition) is 3. The molecule has 21 heavy (non-hydrogen) atoms. The SMILES string of the molecule is COCCOCCCCn1c(CCl)nc2ccc(Br)cc21. The van der Waals surface area contributed by atoms with Crippen molar-refractivity contribution in [3.8, 4) is 0 Å². The molecule has 0 bridgehead atoms. The van der Waals surface area contributed by atoms with E-state index >= 15 is 0 Å². The number of aryl methyl sites for hydroxylation is 1. The number of benzene rings is 1. The smallest absolute Gasteiger partial charge is 0.124 e. The zero-order chi connectivity index (χ0) is 15.1. The zero-order valence-corrected chi connectivity index (χ0v) is 14.5. The van der Waals surface area contributed by atoms with Crippen molar-refractivity contribution >= 4 is 38.6 Å². The van der Waals surface area contributed by atoms with Gasteiger partial charge in [-0.2, -0.15) is 0 Å². The maximum atomic E-state index is 6.01. The number of ether oxygens (including phenoxy) is 2. The number of hydrogen-bond donors (Lipinski definition) is 0. The first kappa shape index (κ1) is 16.7. The van der Waals surface area contributed by atoms with E-state index in [0.29, 0.717) is 19.1 Å². The Labute approximate surface area is 138 Å². The van der Waals surface area contributed by atoms with Crippen molar-refractivity contribution in [2.45, 2.75) is 25.3 Å². The van der Waals surface area contributed by atoms with Gasteiger partial charge in [0.15, 0.2) is 0 Å².